The van der Waals surface area contributed by atoms with Gasteiger partial charge >= 0.3 is 0 Å². The number of amides is 1. The SMILES string of the molecule is CCN(CC)C(=O)CCc1nnc(-c2ccccc2C)o1. The predicted molar refractivity (Wildman–Crippen MR) is 80.7 cm³/mol. The summed E-state index contributed by atoms with van der Waals surface area (Å²) in [4.78, 5) is 13.7. The average molecular weight is 287 g/mol. The molecule has 0 atom stereocenters. The zero-order chi connectivity index (χ0) is 15.2. The molecule has 0 aliphatic rings. The lowest BCUT2D eigenvalue weighted by atomic mass is 10.1. The van der Waals surface area contributed by atoms with Crippen LogP contribution >= 0.6 is 0 Å². The molecular weight excluding hydrogens is 266 g/mol. The van der Waals surface area contributed by atoms with Crippen LogP contribution in [0.15, 0.2) is 28.7 Å². The Labute approximate surface area is 125 Å². The summed E-state index contributed by atoms with van der Waals surface area (Å²) in [6.07, 6.45) is 0.880. The Morgan fingerprint density at radius 1 is 1.19 bits per heavy atom. The Morgan fingerprint density at radius 2 is 1.90 bits per heavy atom. The smallest absolute Gasteiger partial charge is 0.247 e. The molecule has 0 saturated heterocycles. The molecule has 0 aliphatic carbocycles. The van der Waals surface area contributed by atoms with Crippen molar-refractivity contribution < 1.29 is 9.21 Å². The van der Waals surface area contributed by atoms with Gasteiger partial charge in [0.1, 0.15) is 0 Å². The van der Waals surface area contributed by atoms with Crippen LogP contribution in [0.25, 0.3) is 11.5 Å². The fourth-order valence-corrected chi connectivity index (χ4v) is 2.22. The molecule has 1 aromatic carbocycles. The molecule has 1 heterocycles. The van der Waals surface area contributed by atoms with Crippen molar-refractivity contribution in [3.05, 3.63) is 35.7 Å². The maximum atomic E-state index is 11.9. The summed E-state index contributed by atoms with van der Waals surface area (Å²) in [7, 11) is 0. The summed E-state index contributed by atoms with van der Waals surface area (Å²) in [5.41, 5.74) is 2.03. The van der Waals surface area contributed by atoms with E-state index in [1.807, 2.05) is 45.0 Å². The molecule has 1 amide bonds. The molecule has 21 heavy (non-hydrogen) atoms. The van der Waals surface area contributed by atoms with Gasteiger partial charge in [0.25, 0.3) is 0 Å². The molecule has 0 bridgehead atoms. The molecule has 2 aromatic rings. The van der Waals surface area contributed by atoms with Crippen molar-refractivity contribution in [2.45, 2.75) is 33.6 Å². The van der Waals surface area contributed by atoms with Gasteiger partial charge in [-0.05, 0) is 32.4 Å². The van der Waals surface area contributed by atoms with Gasteiger partial charge in [0.2, 0.25) is 17.7 Å². The van der Waals surface area contributed by atoms with E-state index in [0.29, 0.717) is 24.6 Å². The van der Waals surface area contributed by atoms with Crippen LogP contribution < -0.4 is 0 Å². The minimum Gasteiger partial charge on any atom is -0.421 e. The zero-order valence-electron chi connectivity index (χ0n) is 12.8. The highest BCUT2D eigenvalue weighted by Crippen LogP contribution is 2.21. The lowest BCUT2D eigenvalue weighted by Gasteiger charge is -2.17. The average Bonchev–Trinajstić information content (AvgIpc) is 2.95. The van der Waals surface area contributed by atoms with Crippen molar-refractivity contribution in [3.8, 4) is 11.5 Å². The van der Waals surface area contributed by atoms with E-state index in [0.717, 1.165) is 24.2 Å². The molecular formula is C16H21N3O2. The van der Waals surface area contributed by atoms with Crippen LogP contribution in [0.4, 0.5) is 0 Å². The predicted octanol–water partition coefficient (Wildman–Crippen LogP) is 2.85. The number of nitrogens with zero attached hydrogens (tertiary/aromatic N) is 3. The van der Waals surface area contributed by atoms with Gasteiger partial charge in [-0.25, -0.2) is 0 Å². The summed E-state index contributed by atoms with van der Waals surface area (Å²) in [6, 6.07) is 7.87. The Balaban J connectivity index is 2.01. The second-order valence-electron chi connectivity index (χ2n) is 4.88. The van der Waals surface area contributed by atoms with Crippen LogP contribution in [0, 0.1) is 6.92 Å². The summed E-state index contributed by atoms with van der Waals surface area (Å²) in [5.74, 6) is 1.14. The molecule has 112 valence electrons. The first-order chi connectivity index (χ1) is 10.2. The Hall–Kier alpha value is -2.17. The van der Waals surface area contributed by atoms with Gasteiger partial charge in [-0.3, -0.25) is 4.79 Å². The van der Waals surface area contributed by atoms with Crippen molar-refractivity contribution in [3.63, 3.8) is 0 Å². The van der Waals surface area contributed by atoms with E-state index in [4.69, 9.17) is 4.42 Å². The lowest BCUT2D eigenvalue weighted by molar-refractivity contribution is -0.130. The largest absolute Gasteiger partial charge is 0.421 e. The highest BCUT2D eigenvalue weighted by molar-refractivity contribution is 5.76. The third-order valence-corrected chi connectivity index (χ3v) is 3.51. The first-order valence-electron chi connectivity index (χ1n) is 7.31. The normalized spacial score (nSPS) is 10.6. The number of hydrogen-bond acceptors (Lipinski definition) is 4. The van der Waals surface area contributed by atoms with E-state index in [9.17, 15) is 4.79 Å². The third-order valence-electron chi connectivity index (χ3n) is 3.51. The third kappa shape index (κ3) is 3.68. The molecule has 0 radical (unpaired) electrons. The highest BCUT2D eigenvalue weighted by Gasteiger charge is 2.14. The second-order valence-corrected chi connectivity index (χ2v) is 4.88. The number of rotatable bonds is 6. The molecule has 2 rings (SSSR count). The van der Waals surface area contributed by atoms with Crippen molar-refractivity contribution in [1.82, 2.24) is 15.1 Å². The van der Waals surface area contributed by atoms with E-state index in [1.165, 1.54) is 0 Å². The minimum absolute atomic E-state index is 0.121. The number of hydrogen-bond donors (Lipinski definition) is 0. The molecule has 1 aromatic heterocycles. The first kappa shape index (κ1) is 15.2. The minimum atomic E-state index is 0.121. The number of carbonyl (C=O) groups is 1. The van der Waals surface area contributed by atoms with Gasteiger partial charge in [0.05, 0.1) is 0 Å². The van der Waals surface area contributed by atoms with E-state index < -0.39 is 0 Å². The molecule has 5 heteroatoms. The van der Waals surface area contributed by atoms with Gasteiger partial charge < -0.3 is 9.32 Å². The van der Waals surface area contributed by atoms with Crippen LogP contribution in [0.5, 0.6) is 0 Å². The highest BCUT2D eigenvalue weighted by atomic mass is 16.4. The van der Waals surface area contributed by atoms with E-state index in [2.05, 4.69) is 10.2 Å². The van der Waals surface area contributed by atoms with Crippen LogP contribution in [0.3, 0.4) is 0 Å². The molecule has 0 aliphatic heterocycles. The molecule has 0 fully saturated rings. The summed E-state index contributed by atoms with van der Waals surface area (Å²) < 4.78 is 5.65. The van der Waals surface area contributed by atoms with Gasteiger partial charge in [-0.1, -0.05) is 18.2 Å². The molecule has 0 spiro atoms. The van der Waals surface area contributed by atoms with Crippen LogP contribution in [-0.2, 0) is 11.2 Å². The summed E-state index contributed by atoms with van der Waals surface area (Å²) in [6.45, 7) is 7.42. The van der Waals surface area contributed by atoms with E-state index in [-0.39, 0.29) is 5.91 Å². The van der Waals surface area contributed by atoms with E-state index >= 15 is 0 Å². The monoisotopic (exact) mass is 287 g/mol. The number of aromatic nitrogens is 2. The number of aryl methyl sites for hydroxylation is 2. The Bertz CT molecular complexity index is 603. The quantitative estimate of drug-likeness (QED) is 0.819. The molecule has 0 saturated carbocycles. The fourth-order valence-electron chi connectivity index (χ4n) is 2.22. The van der Waals surface area contributed by atoms with Crippen LogP contribution in [-0.4, -0.2) is 34.1 Å². The van der Waals surface area contributed by atoms with Gasteiger partial charge in [0.15, 0.2) is 0 Å². The van der Waals surface area contributed by atoms with E-state index in [1.54, 1.807) is 4.90 Å². The lowest BCUT2D eigenvalue weighted by Crippen LogP contribution is -2.30. The molecule has 5 nitrogen and oxygen atoms in total. The number of carbonyl (C=O) groups excluding carboxylic acids is 1. The zero-order valence-corrected chi connectivity index (χ0v) is 12.8. The maximum absolute atomic E-state index is 11.9. The Kier molecular flexibility index (Phi) is 5.09. The fraction of sp³-hybridized carbons (Fsp3) is 0.438. The second kappa shape index (κ2) is 7.02. The van der Waals surface area contributed by atoms with Crippen LogP contribution in [0.2, 0.25) is 0 Å². The number of benzene rings is 1. The molecule has 0 N–H and O–H groups in total. The van der Waals surface area contributed by atoms with Crippen molar-refractivity contribution in [1.29, 1.82) is 0 Å². The van der Waals surface area contributed by atoms with Crippen molar-refractivity contribution in [2.24, 2.45) is 0 Å². The van der Waals surface area contributed by atoms with Gasteiger partial charge in [0, 0.05) is 31.5 Å². The van der Waals surface area contributed by atoms with Gasteiger partial charge in [-0.15, -0.1) is 10.2 Å². The first-order valence-corrected chi connectivity index (χ1v) is 7.31. The topological polar surface area (TPSA) is 59.2 Å². The van der Waals surface area contributed by atoms with Crippen molar-refractivity contribution >= 4 is 5.91 Å². The van der Waals surface area contributed by atoms with Crippen LogP contribution in [0.1, 0.15) is 31.7 Å². The molecule has 0 unspecified atom stereocenters. The standard InChI is InChI=1S/C16H21N3O2/c1-4-19(5-2)15(20)11-10-14-17-18-16(21-14)13-9-7-6-8-12(13)3/h6-9H,4-5,10-11H2,1-3H3. The maximum Gasteiger partial charge on any atom is 0.247 e. The Morgan fingerprint density at radius 3 is 2.57 bits per heavy atom. The summed E-state index contributed by atoms with van der Waals surface area (Å²) >= 11 is 0. The van der Waals surface area contributed by atoms with Crippen molar-refractivity contribution in [2.75, 3.05) is 13.1 Å². The summed E-state index contributed by atoms with van der Waals surface area (Å²) in [5, 5.41) is 8.10. The van der Waals surface area contributed by atoms with Gasteiger partial charge in [-0.2, -0.15) is 0 Å².